The van der Waals surface area contributed by atoms with E-state index in [2.05, 4.69) is 49.9 Å². The highest BCUT2D eigenvalue weighted by molar-refractivity contribution is 5.24. The molecule has 0 aliphatic heterocycles. The number of hydrogen-bond donors (Lipinski definition) is 1. The van der Waals surface area contributed by atoms with Gasteiger partial charge < -0.3 is 10.0 Å². The van der Waals surface area contributed by atoms with E-state index in [4.69, 9.17) is 0 Å². The average Bonchev–Trinajstić information content (AvgIpc) is 2.40. The van der Waals surface area contributed by atoms with Gasteiger partial charge in [-0.25, -0.2) is 0 Å². The molecule has 19 heavy (non-hydrogen) atoms. The number of aryl methyl sites for hydroxylation is 1. The molecule has 0 saturated heterocycles. The molecule has 2 heteroatoms. The molecule has 0 bridgehead atoms. The largest absolute Gasteiger partial charge is 0.387 e. The lowest BCUT2D eigenvalue weighted by Gasteiger charge is -2.24. The van der Waals surface area contributed by atoms with E-state index in [0.717, 1.165) is 44.5 Å². The molecule has 0 amide bonds. The van der Waals surface area contributed by atoms with Crippen LogP contribution in [0.3, 0.4) is 0 Å². The fraction of sp³-hybridized carbons (Fsp3) is 0.647. The van der Waals surface area contributed by atoms with Gasteiger partial charge in [0, 0.05) is 6.54 Å². The van der Waals surface area contributed by atoms with E-state index >= 15 is 0 Å². The van der Waals surface area contributed by atoms with Crippen molar-refractivity contribution in [1.29, 1.82) is 0 Å². The van der Waals surface area contributed by atoms with Crippen LogP contribution in [0.4, 0.5) is 0 Å². The predicted octanol–water partition coefficient (Wildman–Crippen LogP) is 3.79. The SMILES string of the molecule is CCCc1ccc(C(O)CN(CCC)CCC)cc1. The van der Waals surface area contributed by atoms with Crippen molar-refractivity contribution in [3.05, 3.63) is 35.4 Å². The molecule has 1 aromatic rings. The van der Waals surface area contributed by atoms with E-state index in [1.54, 1.807) is 0 Å². The summed E-state index contributed by atoms with van der Waals surface area (Å²) < 4.78 is 0. The molecule has 0 heterocycles. The third-order valence-electron chi connectivity index (χ3n) is 3.41. The summed E-state index contributed by atoms with van der Waals surface area (Å²) in [6, 6.07) is 8.44. The van der Waals surface area contributed by atoms with Gasteiger partial charge in [0.1, 0.15) is 0 Å². The quantitative estimate of drug-likeness (QED) is 0.732. The van der Waals surface area contributed by atoms with Crippen molar-refractivity contribution in [1.82, 2.24) is 4.90 Å². The molecular formula is C17H29NO. The predicted molar refractivity (Wildman–Crippen MR) is 82.4 cm³/mol. The number of aliphatic hydroxyl groups excluding tert-OH is 1. The highest BCUT2D eigenvalue weighted by Crippen LogP contribution is 2.16. The highest BCUT2D eigenvalue weighted by Gasteiger charge is 2.12. The first-order chi connectivity index (χ1) is 9.21. The van der Waals surface area contributed by atoms with Crippen LogP contribution in [0.25, 0.3) is 0 Å². The van der Waals surface area contributed by atoms with Gasteiger partial charge >= 0.3 is 0 Å². The lowest BCUT2D eigenvalue weighted by Crippen LogP contribution is -2.30. The molecule has 108 valence electrons. The normalized spacial score (nSPS) is 12.9. The van der Waals surface area contributed by atoms with Crippen LogP contribution in [0.2, 0.25) is 0 Å². The van der Waals surface area contributed by atoms with Crippen molar-refractivity contribution in [2.45, 2.75) is 52.6 Å². The summed E-state index contributed by atoms with van der Waals surface area (Å²) in [7, 11) is 0. The molecule has 2 nitrogen and oxygen atoms in total. The minimum atomic E-state index is -0.367. The molecule has 1 rings (SSSR count). The third kappa shape index (κ3) is 5.75. The van der Waals surface area contributed by atoms with Crippen molar-refractivity contribution < 1.29 is 5.11 Å². The van der Waals surface area contributed by atoms with Crippen LogP contribution in [0.5, 0.6) is 0 Å². The van der Waals surface area contributed by atoms with Crippen LogP contribution in [-0.2, 0) is 6.42 Å². The molecule has 0 aliphatic rings. The van der Waals surface area contributed by atoms with Gasteiger partial charge in [-0.3, -0.25) is 0 Å². The molecule has 1 atom stereocenters. The molecule has 0 aromatic heterocycles. The van der Waals surface area contributed by atoms with Crippen molar-refractivity contribution in [3.8, 4) is 0 Å². The monoisotopic (exact) mass is 263 g/mol. The Labute approximate surface area is 118 Å². The summed E-state index contributed by atoms with van der Waals surface area (Å²) in [6.07, 6.45) is 4.20. The number of aliphatic hydroxyl groups is 1. The molecule has 0 fully saturated rings. The molecule has 1 N–H and O–H groups in total. The maximum atomic E-state index is 10.3. The number of benzene rings is 1. The van der Waals surface area contributed by atoms with Crippen molar-refractivity contribution in [2.75, 3.05) is 19.6 Å². The van der Waals surface area contributed by atoms with Gasteiger partial charge in [-0.05, 0) is 43.5 Å². The van der Waals surface area contributed by atoms with Gasteiger partial charge in [0.05, 0.1) is 6.10 Å². The van der Waals surface area contributed by atoms with Crippen LogP contribution in [0, 0.1) is 0 Å². The third-order valence-corrected chi connectivity index (χ3v) is 3.41. The Balaban J connectivity index is 2.57. The van der Waals surface area contributed by atoms with Crippen LogP contribution >= 0.6 is 0 Å². The molecule has 0 saturated carbocycles. The summed E-state index contributed by atoms with van der Waals surface area (Å²) in [6.45, 7) is 9.45. The van der Waals surface area contributed by atoms with Gasteiger partial charge in [-0.1, -0.05) is 51.5 Å². The van der Waals surface area contributed by atoms with Gasteiger partial charge in [0.15, 0.2) is 0 Å². The zero-order valence-corrected chi connectivity index (χ0v) is 12.7. The number of nitrogens with zero attached hydrogens (tertiary/aromatic N) is 1. The standard InChI is InChI=1S/C17H29NO/c1-4-7-15-8-10-16(11-9-15)17(19)14-18(12-5-2)13-6-3/h8-11,17,19H,4-7,12-14H2,1-3H3. The van der Waals surface area contributed by atoms with E-state index < -0.39 is 0 Å². The molecule has 1 unspecified atom stereocenters. The van der Waals surface area contributed by atoms with Gasteiger partial charge in [-0.15, -0.1) is 0 Å². The first-order valence-corrected chi connectivity index (χ1v) is 7.70. The smallest absolute Gasteiger partial charge is 0.0916 e. The van der Waals surface area contributed by atoms with Crippen molar-refractivity contribution >= 4 is 0 Å². The number of rotatable bonds is 9. The Bertz CT molecular complexity index is 328. The van der Waals surface area contributed by atoms with E-state index in [9.17, 15) is 5.11 Å². The highest BCUT2D eigenvalue weighted by atomic mass is 16.3. The second kappa shape index (κ2) is 9.11. The van der Waals surface area contributed by atoms with E-state index in [0.29, 0.717) is 0 Å². The van der Waals surface area contributed by atoms with Crippen LogP contribution in [-0.4, -0.2) is 29.6 Å². The summed E-state index contributed by atoms with van der Waals surface area (Å²) in [4.78, 5) is 2.35. The lowest BCUT2D eigenvalue weighted by molar-refractivity contribution is 0.113. The van der Waals surface area contributed by atoms with Gasteiger partial charge in [-0.2, -0.15) is 0 Å². The summed E-state index contributed by atoms with van der Waals surface area (Å²) in [5, 5.41) is 10.3. The molecule has 0 aliphatic carbocycles. The summed E-state index contributed by atoms with van der Waals surface area (Å²) in [5.41, 5.74) is 2.40. The minimum absolute atomic E-state index is 0.367. The summed E-state index contributed by atoms with van der Waals surface area (Å²) in [5.74, 6) is 0. The van der Waals surface area contributed by atoms with Gasteiger partial charge in [0.2, 0.25) is 0 Å². The second-order valence-electron chi connectivity index (χ2n) is 5.31. The Kier molecular flexibility index (Phi) is 7.76. The maximum absolute atomic E-state index is 10.3. The Morgan fingerprint density at radius 1 is 0.947 bits per heavy atom. The second-order valence-corrected chi connectivity index (χ2v) is 5.31. The zero-order valence-electron chi connectivity index (χ0n) is 12.7. The Morgan fingerprint density at radius 2 is 1.53 bits per heavy atom. The first-order valence-electron chi connectivity index (χ1n) is 7.70. The lowest BCUT2D eigenvalue weighted by atomic mass is 10.0. The molecule has 0 spiro atoms. The van der Waals surface area contributed by atoms with Crippen LogP contribution in [0.1, 0.15) is 57.3 Å². The average molecular weight is 263 g/mol. The number of hydrogen-bond acceptors (Lipinski definition) is 2. The first kappa shape index (κ1) is 16.2. The molecule has 0 radical (unpaired) electrons. The van der Waals surface area contributed by atoms with Crippen molar-refractivity contribution in [3.63, 3.8) is 0 Å². The van der Waals surface area contributed by atoms with E-state index in [1.807, 2.05) is 0 Å². The Morgan fingerprint density at radius 3 is 2.00 bits per heavy atom. The van der Waals surface area contributed by atoms with E-state index in [-0.39, 0.29) is 6.10 Å². The topological polar surface area (TPSA) is 23.5 Å². The van der Waals surface area contributed by atoms with Crippen LogP contribution < -0.4 is 0 Å². The molecular weight excluding hydrogens is 234 g/mol. The maximum Gasteiger partial charge on any atom is 0.0916 e. The summed E-state index contributed by atoms with van der Waals surface area (Å²) >= 11 is 0. The Hall–Kier alpha value is -0.860. The minimum Gasteiger partial charge on any atom is -0.387 e. The zero-order chi connectivity index (χ0) is 14.1. The van der Waals surface area contributed by atoms with Crippen LogP contribution in [0.15, 0.2) is 24.3 Å². The molecule has 1 aromatic carbocycles. The van der Waals surface area contributed by atoms with Crippen molar-refractivity contribution in [2.24, 2.45) is 0 Å². The van der Waals surface area contributed by atoms with E-state index in [1.165, 1.54) is 12.0 Å². The fourth-order valence-electron chi connectivity index (χ4n) is 2.47. The van der Waals surface area contributed by atoms with Gasteiger partial charge in [0.25, 0.3) is 0 Å². The fourth-order valence-corrected chi connectivity index (χ4v) is 2.47.